The Bertz CT molecular complexity index is 3320. The normalized spacial score (nSPS) is 24.7. The van der Waals surface area contributed by atoms with E-state index in [1.54, 1.807) is 19.1 Å². The van der Waals surface area contributed by atoms with E-state index in [0.29, 0.717) is 75.8 Å². The van der Waals surface area contributed by atoms with Crippen LogP contribution in [0.1, 0.15) is 78.9 Å². The van der Waals surface area contributed by atoms with Crippen LogP contribution in [0.5, 0.6) is 40.2 Å². The molecule has 1 spiro atoms. The largest absolute Gasteiger partial charge is 0.507 e. The summed E-state index contributed by atoms with van der Waals surface area (Å²) in [6.45, 7) is 7.27. The van der Waals surface area contributed by atoms with Gasteiger partial charge in [-0.1, -0.05) is 67.3 Å². The number of nitrogens with one attached hydrogen (secondary N) is 2. The number of alkyl carbamates (subject to hydrolysis) is 1. The maximum atomic E-state index is 15.3. The zero-order chi connectivity index (χ0) is 54.3. The van der Waals surface area contributed by atoms with Crippen molar-refractivity contribution in [3.8, 4) is 57.4 Å². The molecule has 0 aromatic heterocycles. The molecular weight excluding hydrogens is 1030 g/mol. The second-order valence-corrected chi connectivity index (χ2v) is 23.0. The molecule has 1 aliphatic carbocycles. The summed E-state index contributed by atoms with van der Waals surface area (Å²) in [5, 5.41) is 41.6. The van der Waals surface area contributed by atoms with Gasteiger partial charge >= 0.3 is 18.0 Å². The minimum atomic E-state index is -1.50. The van der Waals surface area contributed by atoms with Crippen molar-refractivity contribution in [1.82, 2.24) is 20.4 Å². The number of carbonyl (C=O) groups is 3. The molecule has 0 saturated carbocycles. The summed E-state index contributed by atoms with van der Waals surface area (Å²) in [5.41, 5.74) is 8.53. The highest BCUT2D eigenvalue weighted by Crippen LogP contribution is 2.64. The zero-order valence-electron chi connectivity index (χ0n) is 43.8. The molecule has 2 saturated heterocycles. The third-order valence-electron chi connectivity index (χ3n) is 16.8. The molecule has 17 nitrogen and oxygen atoms in total. The lowest BCUT2D eigenvalue weighted by molar-refractivity contribution is -0.157. The minimum Gasteiger partial charge on any atom is -0.507 e. The van der Waals surface area contributed by atoms with Crippen LogP contribution in [-0.4, -0.2) is 127 Å². The summed E-state index contributed by atoms with van der Waals surface area (Å²) in [4.78, 5) is 47.1. The number of aromatic hydroxyl groups is 2. The van der Waals surface area contributed by atoms with Gasteiger partial charge in [-0.05, 0) is 90.4 Å². The first-order chi connectivity index (χ1) is 37.8. The Morgan fingerprint density at radius 2 is 1.73 bits per heavy atom. The number of ether oxygens (including phenoxy) is 7. The number of piperazine rings is 1. The van der Waals surface area contributed by atoms with Gasteiger partial charge < -0.3 is 48.7 Å². The van der Waals surface area contributed by atoms with E-state index in [1.165, 1.54) is 66.1 Å². The van der Waals surface area contributed by atoms with Gasteiger partial charge in [-0.2, -0.15) is 17.0 Å². The topological polar surface area (TPSA) is 211 Å². The molecule has 2 fully saturated rings. The van der Waals surface area contributed by atoms with Crippen LogP contribution in [0.25, 0.3) is 11.1 Å². The second kappa shape index (κ2) is 20.3. The van der Waals surface area contributed by atoms with Crippen molar-refractivity contribution in [1.29, 1.82) is 5.26 Å². The second-order valence-electron chi connectivity index (χ2n) is 20.8. The minimum absolute atomic E-state index is 0.0110. The van der Waals surface area contributed by atoms with Crippen molar-refractivity contribution in [2.24, 2.45) is 0 Å². The highest BCUT2D eigenvalue weighted by atomic mass is 32.2. The first kappa shape index (κ1) is 51.7. The maximum absolute atomic E-state index is 15.3. The van der Waals surface area contributed by atoms with E-state index in [4.69, 9.17) is 33.2 Å². The van der Waals surface area contributed by atoms with Crippen LogP contribution in [0.3, 0.4) is 0 Å². The molecule has 78 heavy (non-hydrogen) atoms. The lowest BCUT2D eigenvalue weighted by atomic mass is 9.71. The predicted molar refractivity (Wildman–Crippen MR) is 292 cm³/mol. The standard InChI is InChI=1S/C59H59N5O12S2/c1-7-18-72-58(69)62-39(26-77-25-37-35-14-10-8-12-33(35)34-13-9-11-15-36(34)37)56(67)76-44-21-31-16-17-61-59(38(31)22-43(44)70-5)27-78-55-47-46(54-53(74-28-75-54)30(3)50(47)65)42(24-73-57(59)68)64-41(23-60)40-20-32-19-29(2)52(71-6)51(66)45(32)48(49(55)64)63(40)4/h7-15,19,21-22,37,39-42,48-49,55,61,65-66H,1,16-18,20,24-28H2,2-6H3,(H,62,69)/t39?,40-,41-,42-,48-,49?,55+,59+/m0/s1. The molecule has 5 aromatic carbocycles. The molecule has 5 aromatic rings. The van der Waals surface area contributed by atoms with Crippen LogP contribution in [0, 0.1) is 25.2 Å². The fourth-order valence-electron chi connectivity index (χ4n) is 13.4. The molecule has 0 radical (unpaired) electrons. The van der Waals surface area contributed by atoms with Crippen molar-refractivity contribution in [3.63, 3.8) is 0 Å². The Kier molecular flexibility index (Phi) is 13.4. The molecule has 4 N–H and O–H groups in total. The number of likely N-dealkylation sites (N-methyl/N-ethyl adjacent to an activating group) is 1. The number of phenolic OH excluding ortho intramolecular Hbond substituents is 2. The molecule has 8 aliphatic rings. The third-order valence-corrected chi connectivity index (χ3v) is 19.5. The van der Waals surface area contributed by atoms with Crippen LogP contribution in [0.2, 0.25) is 0 Å². The van der Waals surface area contributed by atoms with Crippen LogP contribution in [0.4, 0.5) is 4.79 Å². The Hall–Kier alpha value is -7.08. The van der Waals surface area contributed by atoms with Crippen molar-refractivity contribution < 1.29 is 57.8 Å². The van der Waals surface area contributed by atoms with Crippen LogP contribution in [0.15, 0.2) is 79.4 Å². The molecule has 19 heteroatoms. The van der Waals surface area contributed by atoms with Gasteiger partial charge in [0.05, 0.1) is 37.6 Å². The van der Waals surface area contributed by atoms with E-state index < -0.39 is 59.0 Å². The van der Waals surface area contributed by atoms with Gasteiger partial charge in [0.25, 0.3) is 0 Å². The van der Waals surface area contributed by atoms with Gasteiger partial charge in [0.15, 0.2) is 40.0 Å². The number of esters is 2. The van der Waals surface area contributed by atoms with E-state index in [1.807, 2.05) is 44.3 Å². The zero-order valence-corrected chi connectivity index (χ0v) is 45.4. The van der Waals surface area contributed by atoms with Gasteiger partial charge in [0.2, 0.25) is 6.79 Å². The fraction of sp³-hybridized carbons (Fsp3) is 0.390. The fourth-order valence-corrected chi connectivity index (χ4v) is 16.3. The number of rotatable bonds is 11. The average molecular weight is 1090 g/mol. The van der Waals surface area contributed by atoms with Gasteiger partial charge in [0, 0.05) is 64.1 Å². The van der Waals surface area contributed by atoms with Crippen molar-refractivity contribution in [2.45, 2.75) is 79.6 Å². The Balaban J connectivity index is 0.898. The van der Waals surface area contributed by atoms with Crippen LogP contribution < -0.4 is 34.3 Å². The molecule has 1 amide bonds. The first-order valence-electron chi connectivity index (χ1n) is 26.0. The third kappa shape index (κ3) is 8.03. The maximum Gasteiger partial charge on any atom is 0.408 e. The van der Waals surface area contributed by atoms with E-state index >= 15 is 4.79 Å². The number of phenols is 2. The highest BCUT2D eigenvalue weighted by Gasteiger charge is 2.62. The number of benzene rings is 5. The number of hydrogen-bond donors (Lipinski definition) is 4. The lowest BCUT2D eigenvalue weighted by Gasteiger charge is -2.62. The summed E-state index contributed by atoms with van der Waals surface area (Å²) in [6.07, 6.45) is 1.53. The highest BCUT2D eigenvalue weighted by molar-refractivity contribution is 7.99. The van der Waals surface area contributed by atoms with Gasteiger partial charge in [-0.25, -0.2) is 14.4 Å². The Morgan fingerprint density at radius 1 is 0.987 bits per heavy atom. The van der Waals surface area contributed by atoms with Gasteiger partial charge in [0.1, 0.15) is 31.0 Å². The number of carbonyl (C=O) groups excluding carboxylic acids is 3. The number of aryl methyl sites for hydroxylation is 1. The molecule has 4 bridgehead atoms. The first-order valence-corrected chi connectivity index (χ1v) is 28.2. The van der Waals surface area contributed by atoms with Crippen LogP contribution in [-0.2, 0) is 37.4 Å². The molecule has 7 aliphatic heterocycles. The summed E-state index contributed by atoms with van der Waals surface area (Å²) in [5.74, 6) is 1.09. The van der Waals surface area contributed by atoms with E-state index in [9.17, 15) is 25.1 Å². The summed E-state index contributed by atoms with van der Waals surface area (Å²) in [6, 6.07) is 20.6. The number of thioether (sulfide) groups is 2. The van der Waals surface area contributed by atoms with E-state index in [2.05, 4.69) is 57.3 Å². The Labute approximate surface area is 460 Å². The van der Waals surface area contributed by atoms with E-state index in [0.717, 1.165) is 11.1 Å². The number of methoxy groups -OCH3 is 2. The van der Waals surface area contributed by atoms with Crippen molar-refractivity contribution in [2.75, 3.05) is 65.1 Å². The lowest BCUT2D eigenvalue weighted by Crippen LogP contribution is -2.69. The molecule has 8 atom stereocenters. The summed E-state index contributed by atoms with van der Waals surface area (Å²) in [7, 11) is 4.96. The monoisotopic (exact) mass is 1090 g/mol. The number of nitrogens with zero attached hydrogens (tertiary/aromatic N) is 3. The van der Waals surface area contributed by atoms with Gasteiger partial charge in [-0.15, -0.1) is 11.8 Å². The molecule has 2 unspecified atom stereocenters. The van der Waals surface area contributed by atoms with Crippen molar-refractivity contribution >= 4 is 41.6 Å². The summed E-state index contributed by atoms with van der Waals surface area (Å²) < 4.78 is 42.0. The smallest absolute Gasteiger partial charge is 0.408 e. The molecule has 7 heterocycles. The molecular formula is C59H59N5O12S2. The molecule has 13 rings (SSSR count). The number of amides is 1. The Morgan fingerprint density at radius 3 is 2.45 bits per heavy atom. The molecule has 404 valence electrons. The van der Waals surface area contributed by atoms with Gasteiger partial charge in [-0.3, -0.25) is 15.1 Å². The number of fused-ring (bicyclic) bond motifs is 12. The van der Waals surface area contributed by atoms with Crippen molar-refractivity contribution in [3.05, 3.63) is 135 Å². The predicted octanol–water partition coefficient (Wildman–Crippen LogP) is 7.79. The van der Waals surface area contributed by atoms with Crippen LogP contribution >= 0.6 is 23.5 Å². The number of hydrogen-bond acceptors (Lipinski definition) is 18. The quantitative estimate of drug-likeness (QED) is 0.0565. The average Bonchev–Trinajstić information content (AvgIpc) is 4.17. The van der Waals surface area contributed by atoms with E-state index in [-0.39, 0.29) is 66.5 Å². The number of nitriles is 1. The SMILES string of the molecule is C=CCOC(=O)NC(CSCC1c2ccccc2-c2ccccc21)C(=O)Oc1cc2c(cc1OC)[C@@]1(CS[C@@H]3c4c(O)c(C)c5c(c4[C@H](COC1=O)N1C3[C@@H]3c4c(cc(C)c(OC)c4O)C[C@@H]([C@@H]1C#N)N3C)OCO5)NCC2. The summed E-state index contributed by atoms with van der Waals surface area (Å²) >= 11 is 2.95.